The number of aryl methyl sites for hydroxylation is 1. The number of carbonyl (C=O) groups is 3. The Balaban J connectivity index is 1.49. The highest BCUT2D eigenvalue weighted by Gasteiger charge is 2.55. The van der Waals surface area contributed by atoms with E-state index in [4.69, 9.17) is 0 Å². The van der Waals surface area contributed by atoms with Crippen molar-refractivity contribution in [2.75, 3.05) is 13.6 Å². The van der Waals surface area contributed by atoms with Gasteiger partial charge in [-0.2, -0.15) is 0 Å². The van der Waals surface area contributed by atoms with Crippen molar-refractivity contribution in [3.05, 3.63) is 35.4 Å². The summed E-state index contributed by atoms with van der Waals surface area (Å²) in [7, 11) is 1.80. The van der Waals surface area contributed by atoms with E-state index in [9.17, 15) is 14.4 Å². The number of carbonyl (C=O) groups excluding carboxylic acids is 3. The summed E-state index contributed by atoms with van der Waals surface area (Å²) < 4.78 is 0. The average Bonchev–Trinajstić information content (AvgIpc) is 2.99. The molecule has 1 heterocycles. The first-order valence-electron chi connectivity index (χ1n) is 10.0. The highest BCUT2D eigenvalue weighted by Crippen LogP contribution is 2.41. The predicted molar refractivity (Wildman–Crippen MR) is 101 cm³/mol. The lowest BCUT2D eigenvalue weighted by atomic mass is 9.92. The number of urea groups is 1. The van der Waals surface area contributed by atoms with Crippen LogP contribution in [0, 0.1) is 0 Å². The van der Waals surface area contributed by atoms with E-state index in [1.807, 2.05) is 24.3 Å². The van der Waals surface area contributed by atoms with Gasteiger partial charge in [0.1, 0.15) is 12.1 Å². The number of likely N-dealkylation sites (N-methyl/N-ethyl adjacent to an activating group) is 1. The van der Waals surface area contributed by atoms with Crippen LogP contribution in [-0.4, -0.2) is 47.3 Å². The minimum atomic E-state index is -0.991. The molecule has 4 amide bonds. The van der Waals surface area contributed by atoms with Crippen molar-refractivity contribution in [2.45, 2.75) is 62.9 Å². The molecule has 1 N–H and O–H groups in total. The maximum absolute atomic E-state index is 13.2. The molecular formula is C21H27N3O3. The van der Waals surface area contributed by atoms with Gasteiger partial charge < -0.3 is 10.2 Å². The molecule has 0 bridgehead atoms. The Hall–Kier alpha value is -2.37. The molecule has 1 saturated carbocycles. The first kappa shape index (κ1) is 18.0. The molecule has 2 fully saturated rings. The average molecular weight is 369 g/mol. The Morgan fingerprint density at radius 2 is 1.89 bits per heavy atom. The van der Waals surface area contributed by atoms with Gasteiger partial charge in [0, 0.05) is 13.1 Å². The van der Waals surface area contributed by atoms with Gasteiger partial charge in [0.15, 0.2) is 0 Å². The highest BCUT2D eigenvalue weighted by molar-refractivity contribution is 6.09. The summed E-state index contributed by atoms with van der Waals surface area (Å²) in [5, 5.41) is 2.89. The number of hydrogen-bond donors (Lipinski definition) is 1. The second kappa shape index (κ2) is 6.98. The van der Waals surface area contributed by atoms with Gasteiger partial charge in [0.25, 0.3) is 5.91 Å². The molecule has 1 spiro atoms. The largest absolute Gasteiger partial charge is 0.341 e. The molecule has 6 heteroatoms. The lowest BCUT2D eigenvalue weighted by Crippen LogP contribution is -2.46. The number of amides is 4. The maximum atomic E-state index is 13.2. The van der Waals surface area contributed by atoms with Gasteiger partial charge in [-0.1, -0.05) is 49.9 Å². The first-order valence-corrected chi connectivity index (χ1v) is 10.0. The summed E-state index contributed by atoms with van der Waals surface area (Å²) in [6, 6.07) is 7.49. The summed E-state index contributed by atoms with van der Waals surface area (Å²) >= 11 is 0. The van der Waals surface area contributed by atoms with Crippen LogP contribution >= 0.6 is 0 Å². The molecule has 1 aromatic carbocycles. The molecule has 6 nitrogen and oxygen atoms in total. The number of benzene rings is 1. The first-order chi connectivity index (χ1) is 13.0. The summed E-state index contributed by atoms with van der Waals surface area (Å²) in [6.07, 6.45) is 8.00. The number of imide groups is 1. The fourth-order valence-electron chi connectivity index (χ4n) is 4.83. The summed E-state index contributed by atoms with van der Waals surface area (Å²) in [5.74, 6) is -0.450. The van der Waals surface area contributed by atoms with Crippen molar-refractivity contribution < 1.29 is 14.4 Å². The van der Waals surface area contributed by atoms with E-state index in [0.29, 0.717) is 6.42 Å². The zero-order valence-electron chi connectivity index (χ0n) is 15.9. The Morgan fingerprint density at radius 1 is 1.19 bits per heavy atom. The summed E-state index contributed by atoms with van der Waals surface area (Å²) in [6.45, 7) is -0.179. The van der Waals surface area contributed by atoms with Crippen LogP contribution in [0.15, 0.2) is 24.3 Å². The molecule has 144 valence electrons. The van der Waals surface area contributed by atoms with Gasteiger partial charge in [-0.25, -0.2) is 4.79 Å². The Kier molecular flexibility index (Phi) is 4.66. The van der Waals surface area contributed by atoms with Crippen LogP contribution in [0.5, 0.6) is 0 Å². The van der Waals surface area contributed by atoms with Crippen molar-refractivity contribution in [1.29, 1.82) is 0 Å². The Bertz CT molecular complexity index is 770. The van der Waals surface area contributed by atoms with Crippen LogP contribution in [0.1, 0.15) is 56.1 Å². The third kappa shape index (κ3) is 3.01. The Labute approximate surface area is 159 Å². The maximum Gasteiger partial charge on any atom is 0.325 e. The second-order valence-electron chi connectivity index (χ2n) is 8.03. The van der Waals surface area contributed by atoms with Gasteiger partial charge >= 0.3 is 6.03 Å². The van der Waals surface area contributed by atoms with Crippen LogP contribution in [0.4, 0.5) is 4.79 Å². The van der Waals surface area contributed by atoms with Crippen LogP contribution < -0.4 is 5.32 Å². The van der Waals surface area contributed by atoms with E-state index in [2.05, 4.69) is 5.32 Å². The SMILES string of the molecule is CN(C(=O)CN1C(=O)NC2(CCc3ccccc32)C1=O)C1CCCCCC1. The van der Waals surface area contributed by atoms with Gasteiger partial charge in [0.05, 0.1) is 0 Å². The van der Waals surface area contributed by atoms with Crippen molar-refractivity contribution in [3.63, 3.8) is 0 Å². The van der Waals surface area contributed by atoms with E-state index >= 15 is 0 Å². The third-order valence-corrected chi connectivity index (χ3v) is 6.48. The van der Waals surface area contributed by atoms with Crippen molar-refractivity contribution in [1.82, 2.24) is 15.1 Å². The molecule has 27 heavy (non-hydrogen) atoms. The van der Waals surface area contributed by atoms with Gasteiger partial charge in [-0.15, -0.1) is 0 Å². The minimum Gasteiger partial charge on any atom is -0.341 e. The standard InChI is InChI=1S/C21H27N3O3/c1-23(16-9-4-2-3-5-10-16)18(25)14-24-19(26)21(22-20(24)27)13-12-15-8-6-7-11-17(15)21/h6-8,11,16H,2-5,9-10,12-14H2,1H3,(H,22,27). The van der Waals surface area contributed by atoms with Crippen LogP contribution in [0.3, 0.4) is 0 Å². The van der Waals surface area contributed by atoms with E-state index in [1.165, 1.54) is 12.8 Å². The molecule has 1 saturated heterocycles. The quantitative estimate of drug-likeness (QED) is 0.658. The highest BCUT2D eigenvalue weighted by atomic mass is 16.2. The van der Waals surface area contributed by atoms with Crippen LogP contribution in [0.2, 0.25) is 0 Å². The molecular weight excluding hydrogens is 342 g/mol. The van der Waals surface area contributed by atoms with E-state index in [-0.39, 0.29) is 24.4 Å². The zero-order chi connectivity index (χ0) is 19.0. The smallest absolute Gasteiger partial charge is 0.325 e. The lowest BCUT2D eigenvalue weighted by molar-refractivity contribution is -0.139. The molecule has 2 aliphatic carbocycles. The van der Waals surface area contributed by atoms with E-state index < -0.39 is 11.6 Å². The Morgan fingerprint density at radius 3 is 2.63 bits per heavy atom. The molecule has 1 unspecified atom stereocenters. The zero-order valence-corrected chi connectivity index (χ0v) is 15.9. The lowest BCUT2D eigenvalue weighted by Gasteiger charge is -2.28. The second-order valence-corrected chi connectivity index (χ2v) is 8.03. The van der Waals surface area contributed by atoms with Crippen LogP contribution in [-0.2, 0) is 21.5 Å². The molecule has 1 atom stereocenters. The number of nitrogens with one attached hydrogen (secondary N) is 1. The predicted octanol–water partition coefficient (Wildman–Crippen LogP) is 2.56. The molecule has 1 aliphatic heterocycles. The molecule has 3 aliphatic rings. The van der Waals surface area contributed by atoms with E-state index in [0.717, 1.165) is 48.1 Å². The van der Waals surface area contributed by atoms with Crippen molar-refractivity contribution >= 4 is 17.8 Å². The fourth-order valence-corrected chi connectivity index (χ4v) is 4.83. The van der Waals surface area contributed by atoms with Gasteiger partial charge in [-0.05, 0) is 36.8 Å². The van der Waals surface area contributed by atoms with Crippen molar-refractivity contribution in [2.24, 2.45) is 0 Å². The van der Waals surface area contributed by atoms with Crippen LogP contribution in [0.25, 0.3) is 0 Å². The summed E-state index contributed by atoms with van der Waals surface area (Å²) in [5.41, 5.74) is 0.972. The van der Waals surface area contributed by atoms with Gasteiger partial charge in [0.2, 0.25) is 5.91 Å². The number of rotatable bonds is 3. The molecule has 0 aromatic heterocycles. The van der Waals surface area contributed by atoms with Gasteiger partial charge in [-0.3, -0.25) is 14.5 Å². The fraction of sp³-hybridized carbons (Fsp3) is 0.571. The molecule has 0 radical (unpaired) electrons. The monoisotopic (exact) mass is 369 g/mol. The number of fused-ring (bicyclic) bond motifs is 2. The number of hydrogen-bond acceptors (Lipinski definition) is 3. The normalized spacial score (nSPS) is 25.4. The minimum absolute atomic E-state index is 0.159. The topological polar surface area (TPSA) is 69.7 Å². The molecule has 1 aromatic rings. The van der Waals surface area contributed by atoms with Crippen molar-refractivity contribution in [3.8, 4) is 0 Å². The summed E-state index contributed by atoms with van der Waals surface area (Å²) in [4.78, 5) is 41.4. The number of nitrogens with zero attached hydrogens (tertiary/aromatic N) is 2. The third-order valence-electron chi connectivity index (χ3n) is 6.48. The van der Waals surface area contributed by atoms with E-state index in [1.54, 1.807) is 11.9 Å². The molecule has 4 rings (SSSR count).